The zero-order valence-electron chi connectivity index (χ0n) is 13.5. The van der Waals surface area contributed by atoms with E-state index in [0.29, 0.717) is 17.9 Å². The van der Waals surface area contributed by atoms with Crippen LogP contribution >= 0.6 is 0 Å². The van der Waals surface area contributed by atoms with E-state index in [0.717, 1.165) is 22.4 Å². The number of imidazole rings is 1. The molecule has 1 N–H and O–H groups in total. The molecule has 1 heterocycles. The number of benzene rings is 2. The van der Waals surface area contributed by atoms with Crippen LogP contribution < -0.4 is 9.47 Å². The maximum atomic E-state index is 9.87. The lowest BCUT2D eigenvalue weighted by molar-refractivity contribution is 0.351. The Morgan fingerprint density at radius 1 is 1.17 bits per heavy atom. The second kappa shape index (κ2) is 5.27. The van der Waals surface area contributed by atoms with Crippen LogP contribution in [0.3, 0.4) is 0 Å². The molecular weight excluding hydrogens is 302 g/mol. The summed E-state index contributed by atoms with van der Waals surface area (Å²) >= 11 is 0. The number of para-hydroxylation sites is 3. The molecular formula is C19H17N3O2. The van der Waals surface area contributed by atoms with Crippen molar-refractivity contribution in [1.82, 2.24) is 9.97 Å². The van der Waals surface area contributed by atoms with Crippen molar-refractivity contribution in [3.05, 3.63) is 53.9 Å². The monoisotopic (exact) mass is 319 g/mol. The molecule has 0 radical (unpaired) electrons. The SMILES string of the molecule is COc1cccc([C@H]2C[C@@]2(C#N)c2nc3ccccc3[nH]2)c1OC. The number of nitrogens with zero attached hydrogens (tertiary/aromatic N) is 2. The van der Waals surface area contributed by atoms with Crippen molar-refractivity contribution in [2.24, 2.45) is 0 Å². The van der Waals surface area contributed by atoms with Gasteiger partial charge in [-0.25, -0.2) is 4.98 Å². The van der Waals surface area contributed by atoms with Gasteiger partial charge < -0.3 is 14.5 Å². The van der Waals surface area contributed by atoms with Gasteiger partial charge in [0.05, 0.1) is 31.3 Å². The summed E-state index contributed by atoms with van der Waals surface area (Å²) in [6.45, 7) is 0. The lowest BCUT2D eigenvalue weighted by Gasteiger charge is -2.13. The first kappa shape index (κ1) is 14.6. The Balaban J connectivity index is 1.79. The van der Waals surface area contributed by atoms with Crippen LogP contribution in [0.5, 0.6) is 11.5 Å². The fourth-order valence-corrected chi connectivity index (χ4v) is 3.43. The number of aromatic amines is 1. The van der Waals surface area contributed by atoms with Gasteiger partial charge in [0.2, 0.25) is 0 Å². The topological polar surface area (TPSA) is 70.9 Å². The van der Waals surface area contributed by atoms with Crippen LogP contribution in [0, 0.1) is 11.3 Å². The minimum atomic E-state index is -0.640. The average molecular weight is 319 g/mol. The van der Waals surface area contributed by atoms with Gasteiger partial charge in [-0.15, -0.1) is 0 Å². The number of nitriles is 1. The van der Waals surface area contributed by atoms with Crippen LogP contribution in [0.4, 0.5) is 0 Å². The Hall–Kier alpha value is -3.00. The predicted molar refractivity (Wildman–Crippen MR) is 90.3 cm³/mol. The summed E-state index contributed by atoms with van der Waals surface area (Å²) in [5.74, 6) is 2.13. The van der Waals surface area contributed by atoms with Crippen molar-refractivity contribution >= 4 is 11.0 Å². The summed E-state index contributed by atoms with van der Waals surface area (Å²) < 4.78 is 10.9. The number of nitrogens with one attached hydrogen (secondary N) is 1. The summed E-state index contributed by atoms with van der Waals surface area (Å²) in [6.07, 6.45) is 0.715. The number of H-pyrrole nitrogens is 1. The maximum absolute atomic E-state index is 9.87. The van der Waals surface area contributed by atoms with E-state index in [1.807, 2.05) is 42.5 Å². The van der Waals surface area contributed by atoms with Gasteiger partial charge in [0, 0.05) is 11.5 Å². The standard InChI is InChI=1S/C19H17N3O2/c1-23-16-9-5-6-12(17(16)24-2)13-10-19(13,11-20)18-21-14-7-3-4-8-15(14)22-18/h3-9,13H,10H2,1-2H3,(H,21,22)/t13-,19+/m1/s1. The number of methoxy groups -OCH3 is 2. The van der Waals surface area contributed by atoms with E-state index < -0.39 is 5.41 Å². The molecule has 0 unspecified atom stereocenters. The predicted octanol–water partition coefficient (Wildman–Crippen LogP) is 3.53. The summed E-state index contributed by atoms with van der Waals surface area (Å²) in [5.41, 5.74) is 2.17. The van der Waals surface area contributed by atoms with Gasteiger partial charge in [0.1, 0.15) is 11.2 Å². The maximum Gasteiger partial charge on any atom is 0.164 e. The van der Waals surface area contributed by atoms with Gasteiger partial charge in [0.25, 0.3) is 0 Å². The largest absolute Gasteiger partial charge is 0.493 e. The molecule has 5 nitrogen and oxygen atoms in total. The van der Waals surface area contributed by atoms with E-state index in [-0.39, 0.29) is 5.92 Å². The first-order valence-corrected chi connectivity index (χ1v) is 7.81. The molecule has 1 aromatic heterocycles. The van der Waals surface area contributed by atoms with Crippen LogP contribution in [-0.4, -0.2) is 24.2 Å². The van der Waals surface area contributed by atoms with Crippen LogP contribution in [0.25, 0.3) is 11.0 Å². The van der Waals surface area contributed by atoms with Gasteiger partial charge in [0.15, 0.2) is 11.5 Å². The fourth-order valence-electron chi connectivity index (χ4n) is 3.43. The van der Waals surface area contributed by atoms with Crippen LogP contribution in [0.15, 0.2) is 42.5 Å². The fraction of sp³-hybridized carbons (Fsp3) is 0.263. The smallest absolute Gasteiger partial charge is 0.164 e. The summed E-state index contributed by atoms with van der Waals surface area (Å²) in [4.78, 5) is 7.95. The molecule has 1 aliphatic carbocycles. The molecule has 0 bridgehead atoms. The summed E-state index contributed by atoms with van der Waals surface area (Å²) in [5, 5.41) is 9.87. The van der Waals surface area contributed by atoms with Crippen molar-refractivity contribution in [2.45, 2.75) is 17.8 Å². The van der Waals surface area contributed by atoms with E-state index in [2.05, 4.69) is 16.0 Å². The average Bonchev–Trinajstić information content (AvgIpc) is 3.22. The number of hydrogen-bond acceptors (Lipinski definition) is 4. The van der Waals surface area contributed by atoms with Crippen LogP contribution in [0.2, 0.25) is 0 Å². The van der Waals surface area contributed by atoms with Crippen molar-refractivity contribution in [3.8, 4) is 17.6 Å². The van der Waals surface area contributed by atoms with Gasteiger partial charge in [-0.05, 0) is 24.6 Å². The highest BCUT2D eigenvalue weighted by Crippen LogP contribution is 2.61. The molecule has 1 fully saturated rings. The summed E-state index contributed by atoms with van der Waals surface area (Å²) in [7, 11) is 3.24. The molecule has 3 aromatic rings. The second-order valence-corrected chi connectivity index (χ2v) is 6.03. The highest BCUT2D eigenvalue weighted by molar-refractivity contribution is 5.75. The van der Waals surface area contributed by atoms with E-state index >= 15 is 0 Å². The minimum Gasteiger partial charge on any atom is -0.493 e. The molecule has 0 aliphatic heterocycles. The van der Waals surface area contributed by atoms with Gasteiger partial charge in [-0.2, -0.15) is 5.26 Å². The van der Waals surface area contributed by atoms with Crippen molar-refractivity contribution < 1.29 is 9.47 Å². The number of hydrogen-bond donors (Lipinski definition) is 1. The number of rotatable bonds is 4. The van der Waals surface area contributed by atoms with Crippen molar-refractivity contribution in [3.63, 3.8) is 0 Å². The second-order valence-electron chi connectivity index (χ2n) is 6.03. The third-order valence-corrected chi connectivity index (χ3v) is 4.78. The molecule has 2 atom stereocenters. The molecule has 2 aromatic carbocycles. The molecule has 1 saturated carbocycles. The van der Waals surface area contributed by atoms with Gasteiger partial charge >= 0.3 is 0 Å². The number of aromatic nitrogens is 2. The van der Waals surface area contributed by atoms with E-state index in [1.54, 1.807) is 14.2 Å². The van der Waals surface area contributed by atoms with Gasteiger partial charge in [-0.1, -0.05) is 24.3 Å². The molecule has 5 heteroatoms. The highest BCUT2D eigenvalue weighted by atomic mass is 16.5. The van der Waals surface area contributed by atoms with E-state index in [4.69, 9.17) is 9.47 Å². The normalized spacial score (nSPS) is 22.1. The molecule has 24 heavy (non-hydrogen) atoms. The lowest BCUT2D eigenvalue weighted by atomic mass is 9.98. The minimum absolute atomic E-state index is 0.0353. The Labute approximate surface area is 139 Å². The first-order valence-electron chi connectivity index (χ1n) is 7.81. The Morgan fingerprint density at radius 2 is 2.00 bits per heavy atom. The van der Waals surface area contributed by atoms with Crippen molar-refractivity contribution in [2.75, 3.05) is 14.2 Å². The molecule has 1 aliphatic rings. The quantitative estimate of drug-likeness (QED) is 0.798. The first-order chi connectivity index (χ1) is 11.7. The molecule has 4 rings (SSSR count). The third-order valence-electron chi connectivity index (χ3n) is 4.78. The molecule has 0 amide bonds. The zero-order valence-corrected chi connectivity index (χ0v) is 13.5. The number of ether oxygens (including phenoxy) is 2. The van der Waals surface area contributed by atoms with Gasteiger partial charge in [-0.3, -0.25) is 0 Å². The Morgan fingerprint density at radius 3 is 2.71 bits per heavy atom. The highest BCUT2D eigenvalue weighted by Gasteiger charge is 2.60. The van der Waals surface area contributed by atoms with E-state index in [9.17, 15) is 5.26 Å². The zero-order chi connectivity index (χ0) is 16.7. The van der Waals surface area contributed by atoms with E-state index in [1.165, 1.54) is 0 Å². The van der Waals surface area contributed by atoms with Crippen molar-refractivity contribution in [1.29, 1.82) is 5.26 Å². The third kappa shape index (κ3) is 1.96. The molecule has 120 valence electrons. The Bertz CT molecular complexity index is 924. The van der Waals surface area contributed by atoms with Crippen LogP contribution in [0.1, 0.15) is 23.7 Å². The number of fused-ring (bicyclic) bond motifs is 1. The Kier molecular flexibility index (Phi) is 3.20. The summed E-state index contributed by atoms with van der Waals surface area (Å²) in [6, 6.07) is 16.1. The van der Waals surface area contributed by atoms with Crippen LogP contribution in [-0.2, 0) is 5.41 Å². The lowest BCUT2D eigenvalue weighted by Crippen LogP contribution is -2.09. The molecule has 0 saturated heterocycles. The molecule has 0 spiro atoms.